The number of benzene rings is 1. The molecule has 1 amide bonds. The molecule has 2 N–H and O–H groups in total. The first-order chi connectivity index (χ1) is 10.2. The molecule has 0 unspecified atom stereocenters. The van der Waals surface area contributed by atoms with Crippen molar-refractivity contribution in [1.29, 1.82) is 0 Å². The number of nitrogens with zero attached hydrogens (tertiary/aromatic N) is 3. The second kappa shape index (κ2) is 5.69. The van der Waals surface area contributed by atoms with E-state index in [0.717, 1.165) is 30.9 Å². The number of para-hydroxylation sites is 1. The number of aryl methyl sites for hydroxylation is 1. The molecule has 0 spiro atoms. The van der Waals surface area contributed by atoms with Crippen molar-refractivity contribution < 1.29 is 4.79 Å². The number of likely N-dealkylation sites (tertiary alicyclic amines) is 1. The number of carbonyl (C=O) groups is 1. The van der Waals surface area contributed by atoms with Gasteiger partial charge in [-0.2, -0.15) is 5.10 Å². The minimum atomic E-state index is 0.00345. The number of nitrogens with two attached hydrogens (primary N) is 1. The first-order valence-electron chi connectivity index (χ1n) is 7.30. The molecule has 5 nitrogen and oxygen atoms in total. The summed E-state index contributed by atoms with van der Waals surface area (Å²) in [6, 6.07) is 11.7. The molecule has 3 rings (SSSR count). The van der Waals surface area contributed by atoms with Gasteiger partial charge in [0.2, 0.25) is 0 Å². The summed E-state index contributed by atoms with van der Waals surface area (Å²) in [5.41, 5.74) is 8.12. The molecule has 21 heavy (non-hydrogen) atoms. The molecule has 0 bridgehead atoms. The van der Waals surface area contributed by atoms with E-state index in [0.29, 0.717) is 18.2 Å². The molecular weight excluding hydrogens is 264 g/mol. The zero-order valence-corrected chi connectivity index (χ0v) is 12.2. The van der Waals surface area contributed by atoms with Crippen LogP contribution in [0.25, 0.3) is 5.69 Å². The highest BCUT2D eigenvalue weighted by Gasteiger charge is 2.27. The number of carbonyl (C=O) groups excluding carboxylic acids is 1. The fourth-order valence-corrected chi connectivity index (χ4v) is 2.78. The number of amides is 1. The second-order valence-electron chi connectivity index (χ2n) is 5.56. The van der Waals surface area contributed by atoms with Crippen LogP contribution >= 0.6 is 0 Å². The Balaban J connectivity index is 1.83. The van der Waals surface area contributed by atoms with Crippen LogP contribution in [0.2, 0.25) is 0 Å². The van der Waals surface area contributed by atoms with Crippen molar-refractivity contribution in [3.05, 3.63) is 47.8 Å². The van der Waals surface area contributed by atoms with Crippen LogP contribution in [0, 0.1) is 12.8 Å². The number of hydrogen-bond donors (Lipinski definition) is 1. The second-order valence-corrected chi connectivity index (χ2v) is 5.56. The highest BCUT2D eigenvalue weighted by Crippen LogP contribution is 2.19. The predicted octanol–water partition coefficient (Wildman–Crippen LogP) is 1.60. The lowest BCUT2D eigenvalue weighted by molar-refractivity contribution is 0.0781. The third-order valence-electron chi connectivity index (χ3n) is 4.01. The molecule has 110 valence electrons. The van der Waals surface area contributed by atoms with Crippen molar-refractivity contribution in [2.75, 3.05) is 19.6 Å². The molecule has 1 aliphatic heterocycles. The highest BCUT2D eigenvalue weighted by molar-refractivity contribution is 5.92. The fraction of sp³-hybridized carbons (Fsp3) is 0.375. The van der Waals surface area contributed by atoms with Crippen molar-refractivity contribution in [2.24, 2.45) is 11.7 Å². The van der Waals surface area contributed by atoms with E-state index in [4.69, 9.17) is 5.73 Å². The maximum absolute atomic E-state index is 12.5. The predicted molar refractivity (Wildman–Crippen MR) is 81.4 cm³/mol. The number of hydrogen-bond acceptors (Lipinski definition) is 3. The van der Waals surface area contributed by atoms with E-state index < -0.39 is 0 Å². The lowest BCUT2D eigenvalue weighted by Crippen LogP contribution is -2.30. The topological polar surface area (TPSA) is 64.2 Å². The summed E-state index contributed by atoms with van der Waals surface area (Å²) in [4.78, 5) is 14.4. The van der Waals surface area contributed by atoms with Gasteiger partial charge in [-0.25, -0.2) is 4.68 Å². The van der Waals surface area contributed by atoms with Crippen molar-refractivity contribution in [1.82, 2.24) is 14.7 Å². The van der Waals surface area contributed by atoms with E-state index in [1.807, 2.05) is 52.9 Å². The van der Waals surface area contributed by atoms with Crippen LogP contribution in [-0.4, -0.2) is 40.2 Å². The van der Waals surface area contributed by atoms with E-state index in [-0.39, 0.29) is 5.91 Å². The van der Waals surface area contributed by atoms with Gasteiger partial charge in [-0.05, 0) is 44.0 Å². The smallest absolute Gasteiger partial charge is 0.274 e. The Morgan fingerprint density at radius 3 is 2.81 bits per heavy atom. The Labute approximate surface area is 124 Å². The summed E-state index contributed by atoms with van der Waals surface area (Å²) < 4.78 is 1.81. The standard InChI is InChI=1S/C16H20N4O/c1-12-9-15(16(21)19-8-7-13(10-17)11-19)18-20(12)14-5-3-2-4-6-14/h2-6,9,13H,7-8,10-11,17H2,1H3/t13-/m1/s1. The van der Waals surface area contributed by atoms with Gasteiger partial charge in [-0.15, -0.1) is 0 Å². The zero-order chi connectivity index (χ0) is 14.8. The van der Waals surface area contributed by atoms with E-state index in [9.17, 15) is 4.79 Å². The largest absolute Gasteiger partial charge is 0.337 e. The molecule has 5 heteroatoms. The average molecular weight is 284 g/mol. The number of aromatic nitrogens is 2. The van der Waals surface area contributed by atoms with Crippen LogP contribution in [0.5, 0.6) is 0 Å². The van der Waals surface area contributed by atoms with Gasteiger partial charge in [0.1, 0.15) is 0 Å². The Hall–Kier alpha value is -2.14. The molecule has 1 aromatic carbocycles. The van der Waals surface area contributed by atoms with E-state index in [1.165, 1.54) is 0 Å². The lowest BCUT2D eigenvalue weighted by atomic mass is 10.1. The summed E-state index contributed by atoms with van der Waals surface area (Å²) >= 11 is 0. The first kappa shape index (κ1) is 13.8. The van der Waals surface area contributed by atoms with Gasteiger partial charge in [-0.1, -0.05) is 18.2 Å². The van der Waals surface area contributed by atoms with Crippen molar-refractivity contribution >= 4 is 5.91 Å². The highest BCUT2D eigenvalue weighted by atomic mass is 16.2. The van der Waals surface area contributed by atoms with Gasteiger partial charge in [0.15, 0.2) is 5.69 Å². The van der Waals surface area contributed by atoms with Crippen molar-refractivity contribution in [2.45, 2.75) is 13.3 Å². The fourth-order valence-electron chi connectivity index (χ4n) is 2.78. The average Bonchev–Trinajstić information content (AvgIpc) is 3.14. The minimum Gasteiger partial charge on any atom is -0.337 e. The van der Waals surface area contributed by atoms with Crippen LogP contribution in [-0.2, 0) is 0 Å². The minimum absolute atomic E-state index is 0.00345. The molecule has 1 atom stereocenters. The zero-order valence-electron chi connectivity index (χ0n) is 12.2. The van der Waals surface area contributed by atoms with Gasteiger partial charge >= 0.3 is 0 Å². The molecule has 1 aromatic heterocycles. The summed E-state index contributed by atoms with van der Waals surface area (Å²) in [7, 11) is 0. The molecule has 1 fully saturated rings. The van der Waals surface area contributed by atoms with Crippen LogP contribution in [0.15, 0.2) is 36.4 Å². The third kappa shape index (κ3) is 2.69. The van der Waals surface area contributed by atoms with Gasteiger partial charge in [0.25, 0.3) is 5.91 Å². The van der Waals surface area contributed by atoms with Gasteiger partial charge in [0, 0.05) is 18.8 Å². The van der Waals surface area contributed by atoms with Crippen LogP contribution in [0.4, 0.5) is 0 Å². The summed E-state index contributed by atoms with van der Waals surface area (Å²) in [6.45, 7) is 4.12. The van der Waals surface area contributed by atoms with E-state index in [1.54, 1.807) is 0 Å². The first-order valence-corrected chi connectivity index (χ1v) is 7.30. The quantitative estimate of drug-likeness (QED) is 0.931. The summed E-state index contributed by atoms with van der Waals surface area (Å²) in [6.07, 6.45) is 0.987. The summed E-state index contributed by atoms with van der Waals surface area (Å²) in [5.74, 6) is 0.426. The Morgan fingerprint density at radius 2 is 2.14 bits per heavy atom. The van der Waals surface area contributed by atoms with Gasteiger partial charge < -0.3 is 10.6 Å². The maximum Gasteiger partial charge on any atom is 0.274 e. The molecule has 1 saturated heterocycles. The normalized spacial score (nSPS) is 18.2. The van der Waals surface area contributed by atoms with Crippen LogP contribution in [0.3, 0.4) is 0 Å². The SMILES string of the molecule is Cc1cc(C(=O)N2CC[C@H](CN)C2)nn1-c1ccccc1. The molecule has 1 aliphatic rings. The van der Waals surface area contributed by atoms with Gasteiger partial charge in [0.05, 0.1) is 5.69 Å². The summed E-state index contributed by atoms with van der Waals surface area (Å²) in [5, 5.41) is 4.47. The lowest BCUT2D eigenvalue weighted by Gasteiger charge is -2.14. The van der Waals surface area contributed by atoms with Gasteiger partial charge in [-0.3, -0.25) is 4.79 Å². The Morgan fingerprint density at radius 1 is 1.38 bits per heavy atom. The maximum atomic E-state index is 12.5. The molecular formula is C16H20N4O. The molecule has 2 heterocycles. The Kier molecular flexibility index (Phi) is 3.75. The van der Waals surface area contributed by atoms with Crippen LogP contribution < -0.4 is 5.73 Å². The van der Waals surface area contributed by atoms with Crippen LogP contribution in [0.1, 0.15) is 22.6 Å². The van der Waals surface area contributed by atoms with E-state index >= 15 is 0 Å². The van der Waals surface area contributed by atoms with E-state index in [2.05, 4.69) is 5.10 Å². The van der Waals surface area contributed by atoms with Crippen molar-refractivity contribution in [3.8, 4) is 5.69 Å². The molecule has 2 aromatic rings. The molecule has 0 radical (unpaired) electrons. The molecule has 0 saturated carbocycles. The third-order valence-corrected chi connectivity index (χ3v) is 4.01. The van der Waals surface area contributed by atoms with Crippen molar-refractivity contribution in [3.63, 3.8) is 0 Å². The Bertz CT molecular complexity index is 635. The monoisotopic (exact) mass is 284 g/mol. The number of rotatable bonds is 3. The molecule has 0 aliphatic carbocycles.